The van der Waals surface area contributed by atoms with Gasteiger partial charge >= 0.3 is 11.9 Å². The average molecular weight is 568 g/mol. The number of phenols is 1. The molecule has 2 aromatic rings. The monoisotopic (exact) mass is 566 g/mol. The van der Waals surface area contributed by atoms with Crippen molar-refractivity contribution >= 4 is 41.0 Å². The Morgan fingerprint density at radius 2 is 1.74 bits per heavy atom. The molecule has 0 aliphatic heterocycles. The normalized spacial score (nSPS) is 12.1. The summed E-state index contributed by atoms with van der Waals surface area (Å²) in [5.41, 5.74) is 0.735. The van der Waals surface area contributed by atoms with E-state index >= 15 is 0 Å². The average Bonchev–Trinajstić information content (AvgIpc) is 2.85. The van der Waals surface area contributed by atoms with E-state index in [-0.39, 0.29) is 34.5 Å². The lowest BCUT2D eigenvalue weighted by Gasteiger charge is -2.19. The number of hydrogen-bond donors (Lipinski definition) is 3. The Kier molecular flexibility index (Phi) is 12.4. The van der Waals surface area contributed by atoms with Crippen LogP contribution in [-0.4, -0.2) is 54.8 Å². The molecule has 10 heteroatoms. The first-order chi connectivity index (χ1) is 17.9. The van der Waals surface area contributed by atoms with E-state index in [0.717, 1.165) is 24.8 Å². The zero-order chi connectivity index (χ0) is 28.3. The van der Waals surface area contributed by atoms with Gasteiger partial charge in [0.1, 0.15) is 17.4 Å². The highest BCUT2D eigenvalue weighted by Crippen LogP contribution is 2.37. The molecule has 0 fully saturated rings. The van der Waals surface area contributed by atoms with Crippen molar-refractivity contribution in [1.82, 2.24) is 10.6 Å². The Bertz CT molecular complexity index is 1100. The quantitative estimate of drug-likeness (QED) is 0.234. The number of rotatable bonds is 13. The van der Waals surface area contributed by atoms with Crippen LogP contribution in [-0.2, 0) is 31.9 Å². The van der Waals surface area contributed by atoms with Gasteiger partial charge in [-0.05, 0) is 63.8 Å². The topological polar surface area (TPSA) is 114 Å². The summed E-state index contributed by atoms with van der Waals surface area (Å²) in [6, 6.07) is 9.57. The van der Waals surface area contributed by atoms with E-state index in [1.165, 1.54) is 13.2 Å². The number of ether oxygens (including phenoxy) is 2. The molecule has 0 aromatic heterocycles. The van der Waals surface area contributed by atoms with Gasteiger partial charge in [-0.2, -0.15) is 0 Å². The smallest absolute Gasteiger partial charge is 0.328 e. The third-order valence-corrected chi connectivity index (χ3v) is 6.32. The minimum atomic E-state index is -0.963. The zero-order valence-electron chi connectivity index (χ0n) is 22.2. The Hall–Kier alpha value is -2.81. The second kappa shape index (κ2) is 15.0. The van der Waals surface area contributed by atoms with Gasteiger partial charge in [0.2, 0.25) is 0 Å². The molecular formula is C28H36Cl2N2O6. The molecule has 0 spiro atoms. The van der Waals surface area contributed by atoms with Gasteiger partial charge in [-0.15, -0.1) is 0 Å². The molecule has 0 bridgehead atoms. The number of aromatic hydroxyl groups is 1. The maximum Gasteiger partial charge on any atom is 0.328 e. The van der Waals surface area contributed by atoms with Crippen LogP contribution in [0.2, 0.25) is 10.0 Å². The summed E-state index contributed by atoms with van der Waals surface area (Å²) in [5.74, 6) is -2.00. The molecular weight excluding hydrogens is 531 g/mol. The summed E-state index contributed by atoms with van der Waals surface area (Å²) in [6.45, 7) is 6.26. The van der Waals surface area contributed by atoms with Gasteiger partial charge in [0.25, 0.3) is 5.91 Å². The van der Waals surface area contributed by atoms with E-state index in [1.54, 1.807) is 0 Å². The lowest BCUT2D eigenvalue weighted by molar-refractivity contribution is -0.153. The van der Waals surface area contributed by atoms with Crippen molar-refractivity contribution in [3.8, 4) is 5.75 Å². The predicted molar refractivity (Wildman–Crippen MR) is 148 cm³/mol. The fourth-order valence-corrected chi connectivity index (χ4v) is 4.41. The molecule has 0 heterocycles. The van der Waals surface area contributed by atoms with Gasteiger partial charge in [0.15, 0.2) is 0 Å². The first-order valence-electron chi connectivity index (χ1n) is 12.5. The third kappa shape index (κ3) is 10.2. The van der Waals surface area contributed by atoms with Gasteiger partial charge in [0, 0.05) is 11.4 Å². The molecule has 0 radical (unpaired) electrons. The van der Waals surface area contributed by atoms with Gasteiger partial charge in [-0.1, -0.05) is 60.0 Å². The molecule has 0 saturated heterocycles. The number of nitrogens with one attached hydrogen (secondary N) is 2. The van der Waals surface area contributed by atoms with Gasteiger partial charge in [0.05, 0.1) is 24.2 Å². The van der Waals surface area contributed by atoms with Crippen LogP contribution in [0.25, 0.3) is 0 Å². The van der Waals surface area contributed by atoms with Gasteiger partial charge < -0.3 is 25.2 Å². The fourth-order valence-electron chi connectivity index (χ4n) is 3.77. The molecule has 0 aliphatic carbocycles. The van der Waals surface area contributed by atoms with E-state index in [0.29, 0.717) is 18.5 Å². The summed E-state index contributed by atoms with van der Waals surface area (Å²) >= 11 is 12.8. The minimum Gasteiger partial charge on any atom is -0.506 e. The van der Waals surface area contributed by atoms with Gasteiger partial charge in [-0.25, -0.2) is 4.79 Å². The Morgan fingerprint density at radius 3 is 2.37 bits per heavy atom. The second-order valence-electron chi connectivity index (χ2n) is 9.86. The summed E-state index contributed by atoms with van der Waals surface area (Å²) in [7, 11) is 1.24. The van der Waals surface area contributed by atoms with Crippen molar-refractivity contribution in [1.29, 1.82) is 0 Å². The van der Waals surface area contributed by atoms with Crippen LogP contribution in [0.15, 0.2) is 36.4 Å². The predicted octanol–water partition coefficient (Wildman–Crippen LogP) is 4.86. The first-order valence-corrected chi connectivity index (χ1v) is 13.2. The van der Waals surface area contributed by atoms with Crippen molar-refractivity contribution in [3.05, 3.63) is 63.1 Å². The number of carbonyl (C=O) groups excluding carboxylic acids is 3. The molecule has 2 rings (SSSR count). The number of carbonyl (C=O) groups is 3. The van der Waals surface area contributed by atoms with Crippen molar-refractivity contribution in [2.75, 3.05) is 20.2 Å². The van der Waals surface area contributed by atoms with Crippen molar-refractivity contribution in [3.63, 3.8) is 0 Å². The lowest BCUT2D eigenvalue weighted by atomic mass is 10.0. The fraction of sp³-hybridized carbons (Fsp3) is 0.464. The number of benzene rings is 2. The number of amides is 1. The van der Waals surface area contributed by atoms with E-state index < -0.39 is 29.3 Å². The number of unbranched alkanes of at least 4 members (excludes halogenated alkanes) is 2. The van der Waals surface area contributed by atoms with E-state index in [2.05, 4.69) is 10.6 Å². The van der Waals surface area contributed by atoms with E-state index in [1.807, 2.05) is 51.1 Å². The Balaban J connectivity index is 1.93. The molecule has 3 N–H and O–H groups in total. The first kappa shape index (κ1) is 31.4. The molecule has 8 nitrogen and oxygen atoms in total. The SMILES string of the molecule is COC(=O)[C@H](Cc1ccccc1)NC(=O)c1cc(Cl)c(CCCCCNCC(=O)OC(C)(C)C)c(Cl)c1O. The molecule has 0 saturated carbocycles. The highest BCUT2D eigenvalue weighted by molar-refractivity contribution is 6.37. The standard InChI is InChI=1S/C28H36Cl2N2O6/c1-28(2,3)38-23(33)17-31-14-10-6-9-13-19-21(29)16-20(25(34)24(19)30)26(35)32-22(27(36)37-4)15-18-11-7-5-8-12-18/h5,7-8,11-12,16,22,31,34H,6,9-10,13-15,17H2,1-4H3,(H,32,35)/t22-/m0/s1. The summed E-state index contributed by atoms with van der Waals surface area (Å²) < 4.78 is 10.1. The zero-order valence-corrected chi connectivity index (χ0v) is 23.7. The summed E-state index contributed by atoms with van der Waals surface area (Å²) in [4.78, 5) is 36.9. The second-order valence-corrected chi connectivity index (χ2v) is 10.6. The van der Waals surface area contributed by atoms with E-state index in [9.17, 15) is 19.5 Å². The van der Waals surface area contributed by atoms with Crippen molar-refractivity contribution < 1.29 is 29.0 Å². The van der Waals surface area contributed by atoms with Crippen molar-refractivity contribution in [2.45, 2.75) is 64.5 Å². The Morgan fingerprint density at radius 1 is 1.05 bits per heavy atom. The largest absolute Gasteiger partial charge is 0.506 e. The minimum absolute atomic E-state index is 0.00313. The van der Waals surface area contributed by atoms with Crippen LogP contribution < -0.4 is 10.6 Å². The van der Waals surface area contributed by atoms with Crippen LogP contribution in [0.3, 0.4) is 0 Å². The summed E-state index contributed by atoms with van der Waals surface area (Å²) in [6.07, 6.45) is 3.10. The number of esters is 2. The molecule has 0 unspecified atom stereocenters. The van der Waals surface area contributed by atoms with Crippen LogP contribution >= 0.6 is 23.2 Å². The third-order valence-electron chi connectivity index (χ3n) is 5.58. The maximum atomic E-state index is 13.0. The summed E-state index contributed by atoms with van der Waals surface area (Å²) in [5, 5.41) is 16.6. The highest BCUT2D eigenvalue weighted by atomic mass is 35.5. The number of halogens is 2. The maximum absolute atomic E-state index is 13.0. The highest BCUT2D eigenvalue weighted by Gasteiger charge is 2.26. The van der Waals surface area contributed by atoms with Crippen LogP contribution in [0, 0.1) is 0 Å². The van der Waals surface area contributed by atoms with Crippen LogP contribution in [0.4, 0.5) is 0 Å². The number of phenolic OH excluding ortho intramolecular Hbond substituents is 1. The van der Waals surface area contributed by atoms with E-state index in [4.69, 9.17) is 32.7 Å². The molecule has 1 amide bonds. The lowest BCUT2D eigenvalue weighted by Crippen LogP contribution is -2.43. The molecule has 208 valence electrons. The van der Waals surface area contributed by atoms with Crippen LogP contribution in [0.1, 0.15) is 61.5 Å². The molecule has 0 aliphatic rings. The number of methoxy groups -OCH3 is 1. The number of hydrogen-bond acceptors (Lipinski definition) is 7. The van der Waals surface area contributed by atoms with Crippen LogP contribution in [0.5, 0.6) is 5.75 Å². The Labute approximate surface area is 234 Å². The molecule has 38 heavy (non-hydrogen) atoms. The van der Waals surface area contributed by atoms with Gasteiger partial charge in [-0.3, -0.25) is 9.59 Å². The molecule has 1 atom stereocenters. The molecule has 2 aromatic carbocycles. The van der Waals surface area contributed by atoms with Crippen molar-refractivity contribution in [2.24, 2.45) is 0 Å².